The number of urea groups is 1. The van der Waals surface area contributed by atoms with Crippen LogP contribution in [0.4, 0.5) is 19.3 Å². The van der Waals surface area contributed by atoms with Gasteiger partial charge in [0.05, 0.1) is 13.1 Å². The molecule has 0 aliphatic carbocycles. The van der Waals surface area contributed by atoms with Crippen LogP contribution in [0.25, 0.3) is 0 Å². The first kappa shape index (κ1) is 31.4. The molecule has 0 radical (unpaired) electrons. The normalized spacial score (nSPS) is 18.7. The summed E-state index contributed by atoms with van der Waals surface area (Å²) in [6, 6.07) is 19.0. The average Bonchev–Trinajstić information content (AvgIpc) is 2.96. The summed E-state index contributed by atoms with van der Waals surface area (Å²) in [5.41, 5.74) is 2.86. The molecule has 11 heteroatoms. The molecule has 0 aromatic heterocycles. The van der Waals surface area contributed by atoms with Gasteiger partial charge in [-0.15, -0.1) is 0 Å². The second kappa shape index (κ2) is 13.2. The summed E-state index contributed by atoms with van der Waals surface area (Å²) in [4.78, 5) is 45.9. The lowest BCUT2D eigenvalue weighted by atomic mass is 9.98. The minimum absolute atomic E-state index is 0. The van der Waals surface area contributed by atoms with Gasteiger partial charge in [0.25, 0.3) is 0 Å². The third kappa shape index (κ3) is 6.77. The molecule has 2 aliphatic rings. The first-order valence-electron chi connectivity index (χ1n) is 13.7. The summed E-state index contributed by atoms with van der Waals surface area (Å²) >= 11 is 0. The lowest BCUT2D eigenvalue weighted by Gasteiger charge is -2.54. The number of amides is 4. The van der Waals surface area contributed by atoms with E-state index in [1.165, 1.54) is 20.9 Å². The maximum Gasteiger partial charge on any atom is 0.334 e. The highest BCUT2D eigenvalue weighted by atomic mass is 19.1. The standard InChI is InChI=1S/C31H34F2N6O3.CH4/c1-35(2)25-13-9-21(10-14-25)15-27-30(41)37(18-23-11-12-24(32)16-26(23)33)19-28-38(27)29(40)20-36(3)39(28)31(42)34-17-22-7-5-4-6-8-22;/h4-14,16,27-28H,15,17-20H2,1-3H3,(H,34,42);1H4/t27-,28-;/m0./s1. The van der Waals surface area contributed by atoms with E-state index in [2.05, 4.69) is 5.32 Å². The molecule has 43 heavy (non-hydrogen) atoms. The highest BCUT2D eigenvalue weighted by Gasteiger charge is 2.50. The van der Waals surface area contributed by atoms with Gasteiger partial charge in [0.2, 0.25) is 11.8 Å². The van der Waals surface area contributed by atoms with E-state index >= 15 is 0 Å². The summed E-state index contributed by atoms with van der Waals surface area (Å²) in [7, 11) is 5.50. The zero-order valence-electron chi connectivity index (χ0n) is 23.8. The van der Waals surface area contributed by atoms with E-state index in [9.17, 15) is 23.2 Å². The van der Waals surface area contributed by atoms with Crippen molar-refractivity contribution >= 4 is 23.5 Å². The van der Waals surface area contributed by atoms with Gasteiger partial charge in [-0.1, -0.05) is 56.0 Å². The molecule has 2 fully saturated rings. The zero-order valence-corrected chi connectivity index (χ0v) is 23.8. The number of carbonyl (C=O) groups excluding carboxylic acids is 3. The number of hydrogen-bond acceptors (Lipinski definition) is 5. The van der Waals surface area contributed by atoms with Gasteiger partial charge in [-0.3, -0.25) is 9.59 Å². The first-order chi connectivity index (χ1) is 20.1. The van der Waals surface area contributed by atoms with Crippen LogP contribution in [-0.4, -0.2) is 84.1 Å². The number of anilines is 1. The van der Waals surface area contributed by atoms with E-state index in [-0.39, 0.29) is 57.4 Å². The van der Waals surface area contributed by atoms with E-state index in [0.717, 1.165) is 28.9 Å². The average molecular weight is 593 g/mol. The molecule has 228 valence electrons. The van der Waals surface area contributed by atoms with Gasteiger partial charge in [0.15, 0.2) is 0 Å². The van der Waals surface area contributed by atoms with Crippen LogP contribution in [0.15, 0.2) is 72.8 Å². The Morgan fingerprint density at radius 1 is 0.977 bits per heavy atom. The Balaban J connectivity index is 0.00000423. The van der Waals surface area contributed by atoms with Crippen LogP contribution < -0.4 is 10.2 Å². The van der Waals surface area contributed by atoms with Crippen molar-refractivity contribution in [3.05, 3.63) is 101 Å². The fourth-order valence-corrected chi connectivity index (χ4v) is 5.51. The first-order valence-corrected chi connectivity index (χ1v) is 13.7. The number of nitrogens with zero attached hydrogens (tertiary/aromatic N) is 5. The van der Waals surface area contributed by atoms with Crippen molar-refractivity contribution in [2.45, 2.75) is 39.1 Å². The van der Waals surface area contributed by atoms with Gasteiger partial charge >= 0.3 is 6.03 Å². The molecule has 0 unspecified atom stereocenters. The van der Waals surface area contributed by atoms with E-state index in [0.29, 0.717) is 0 Å². The van der Waals surface area contributed by atoms with E-state index in [1.54, 1.807) is 12.1 Å². The van der Waals surface area contributed by atoms with Gasteiger partial charge in [-0.25, -0.2) is 23.6 Å². The number of likely N-dealkylation sites (N-methyl/N-ethyl adjacent to an activating group) is 1. The van der Waals surface area contributed by atoms with Crippen LogP contribution in [0.2, 0.25) is 0 Å². The number of halogens is 2. The molecule has 0 bridgehead atoms. The minimum Gasteiger partial charge on any atom is -0.378 e. The highest BCUT2D eigenvalue weighted by Crippen LogP contribution is 2.29. The summed E-state index contributed by atoms with van der Waals surface area (Å²) < 4.78 is 28.3. The monoisotopic (exact) mass is 592 g/mol. The number of hydrogen-bond donors (Lipinski definition) is 1. The van der Waals surface area contributed by atoms with Crippen molar-refractivity contribution in [3.8, 4) is 0 Å². The molecule has 2 saturated heterocycles. The Morgan fingerprint density at radius 3 is 2.33 bits per heavy atom. The van der Waals surface area contributed by atoms with Crippen molar-refractivity contribution < 1.29 is 23.2 Å². The highest BCUT2D eigenvalue weighted by molar-refractivity contribution is 5.91. The third-order valence-corrected chi connectivity index (χ3v) is 7.69. The van der Waals surface area contributed by atoms with E-state index in [1.807, 2.05) is 73.6 Å². The second-order valence-electron chi connectivity index (χ2n) is 10.8. The third-order valence-electron chi connectivity index (χ3n) is 7.69. The Bertz CT molecular complexity index is 1450. The molecule has 9 nitrogen and oxygen atoms in total. The molecule has 5 rings (SSSR count). The molecule has 2 aliphatic heterocycles. The molecule has 0 spiro atoms. The number of nitrogens with one attached hydrogen (secondary N) is 1. The van der Waals surface area contributed by atoms with Gasteiger partial charge in [0, 0.05) is 58.0 Å². The van der Waals surface area contributed by atoms with Crippen molar-refractivity contribution in [2.24, 2.45) is 0 Å². The number of piperazine rings is 1. The van der Waals surface area contributed by atoms with Gasteiger partial charge < -0.3 is 20.0 Å². The van der Waals surface area contributed by atoms with Crippen LogP contribution in [0, 0.1) is 11.6 Å². The van der Waals surface area contributed by atoms with Gasteiger partial charge in [-0.2, -0.15) is 0 Å². The topological polar surface area (TPSA) is 79.4 Å². The van der Waals surface area contributed by atoms with Gasteiger partial charge in [-0.05, 0) is 29.3 Å². The summed E-state index contributed by atoms with van der Waals surface area (Å²) in [5, 5.41) is 5.91. The van der Waals surface area contributed by atoms with E-state index in [4.69, 9.17) is 0 Å². The van der Waals surface area contributed by atoms with Crippen molar-refractivity contribution in [1.82, 2.24) is 25.1 Å². The molecule has 2 atom stereocenters. The van der Waals surface area contributed by atoms with Crippen LogP contribution in [0.3, 0.4) is 0 Å². The summed E-state index contributed by atoms with van der Waals surface area (Å²) in [5.74, 6) is -2.14. The van der Waals surface area contributed by atoms with Crippen LogP contribution >= 0.6 is 0 Å². The molecule has 4 amide bonds. The Labute approximate surface area is 251 Å². The maximum absolute atomic E-state index is 14.7. The number of carbonyl (C=O) groups is 3. The fraction of sp³-hybridized carbons (Fsp3) is 0.344. The van der Waals surface area contributed by atoms with E-state index < -0.39 is 29.9 Å². The molecule has 0 saturated carbocycles. The molecule has 3 aromatic carbocycles. The Hall–Kier alpha value is -4.51. The molecular formula is C32H38F2N6O3. The van der Waals surface area contributed by atoms with Crippen molar-refractivity contribution in [3.63, 3.8) is 0 Å². The molecular weight excluding hydrogens is 554 g/mol. The Morgan fingerprint density at radius 2 is 1.67 bits per heavy atom. The lowest BCUT2D eigenvalue weighted by molar-refractivity contribution is -0.187. The van der Waals surface area contributed by atoms with Crippen molar-refractivity contribution in [2.75, 3.05) is 39.1 Å². The lowest BCUT2D eigenvalue weighted by Crippen LogP contribution is -2.76. The second-order valence-corrected chi connectivity index (χ2v) is 10.8. The van der Waals surface area contributed by atoms with Crippen molar-refractivity contribution in [1.29, 1.82) is 0 Å². The quantitative estimate of drug-likeness (QED) is 0.451. The summed E-state index contributed by atoms with van der Waals surface area (Å²) in [6.45, 7) is 0.00422. The molecule has 1 N–H and O–H groups in total. The smallest absolute Gasteiger partial charge is 0.334 e. The number of fused-ring (bicyclic) bond motifs is 1. The number of rotatable bonds is 7. The van der Waals surface area contributed by atoms with Crippen LogP contribution in [0.5, 0.6) is 0 Å². The fourth-order valence-electron chi connectivity index (χ4n) is 5.51. The zero-order chi connectivity index (χ0) is 30.0. The van der Waals surface area contributed by atoms with Crippen LogP contribution in [-0.2, 0) is 29.1 Å². The predicted molar refractivity (Wildman–Crippen MR) is 161 cm³/mol. The van der Waals surface area contributed by atoms with Gasteiger partial charge in [0.1, 0.15) is 23.8 Å². The summed E-state index contributed by atoms with van der Waals surface area (Å²) in [6.07, 6.45) is -0.625. The number of benzene rings is 3. The molecule has 2 heterocycles. The predicted octanol–water partition coefficient (Wildman–Crippen LogP) is 3.85. The SMILES string of the molecule is C.CN(C)c1ccc(C[C@H]2C(=O)N(Cc3ccc(F)cc3F)C[C@H]3N2C(=O)CN(C)N3C(=O)NCc2ccccc2)cc1. The Kier molecular flexibility index (Phi) is 9.65. The minimum atomic E-state index is -0.928. The largest absolute Gasteiger partial charge is 0.378 e. The molecule has 3 aromatic rings. The number of hydrazine groups is 1. The van der Waals surface area contributed by atoms with Crippen LogP contribution in [0.1, 0.15) is 24.1 Å². The maximum atomic E-state index is 14.7.